The summed E-state index contributed by atoms with van der Waals surface area (Å²) in [4.78, 5) is 19.5. The van der Waals surface area contributed by atoms with Crippen LogP contribution in [0.5, 0.6) is 0 Å². The molecular weight excluding hydrogens is 302 g/mol. The standard InChI is InChI=1S/C15H13N3O3S/c19-15(11-4-6-20-9-11)18-5-3-10(8-18)13-16-14(21-17-13)12-2-1-7-22-12/h1-2,4,6-7,9-10H,3,5,8H2/t10-/m1/s1. The van der Waals surface area contributed by atoms with E-state index in [1.807, 2.05) is 17.5 Å². The maximum Gasteiger partial charge on any atom is 0.267 e. The van der Waals surface area contributed by atoms with Gasteiger partial charge in [0.15, 0.2) is 5.82 Å². The van der Waals surface area contributed by atoms with E-state index in [1.54, 1.807) is 22.3 Å². The van der Waals surface area contributed by atoms with Gasteiger partial charge in [0.25, 0.3) is 11.8 Å². The summed E-state index contributed by atoms with van der Waals surface area (Å²) in [5.41, 5.74) is 0.577. The number of amides is 1. The molecule has 1 amide bonds. The van der Waals surface area contributed by atoms with Gasteiger partial charge < -0.3 is 13.8 Å². The van der Waals surface area contributed by atoms with Crippen LogP contribution in [0.25, 0.3) is 10.8 Å². The molecule has 4 rings (SSSR count). The Morgan fingerprint density at radius 1 is 1.41 bits per heavy atom. The first kappa shape index (κ1) is 13.3. The highest BCUT2D eigenvalue weighted by Gasteiger charge is 2.31. The number of furan rings is 1. The third-order valence-corrected chi connectivity index (χ3v) is 4.64. The highest BCUT2D eigenvalue weighted by molar-refractivity contribution is 7.13. The largest absolute Gasteiger partial charge is 0.472 e. The molecule has 1 aliphatic heterocycles. The molecule has 1 saturated heterocycles. The number of nitrogens with zero attached hydrogens (tertiary/aromatic N) is 3. The van der Waals surface area contributed by atoms with Gasteiger partial charge in [0, 0.05) is 19.0 Å². The van der Waals surface area contributed by atoms with Gasteiger partial charge in [0.05, 0.1) is 16.7 Å². The van der Waals surface area contributed by atoms with Crippen LogP contribution < -0.4 is 0 Å². The Kier molecular flexibility index (Phi) is 3.27. The smallest absolute Gasteiger partial charge is 0.267 e. The highest BCUT2D eigenvalue weighted by Crippen LogP contribution is 2.29. The van der Waals surface area contributed by atoms with E-state index in [0.29, 0.717) is 30.4 Å². The average Bonchev–Trinajstić information content (AvgIpc) is 3.35. The van der Waals surface area contributed by atoms with E-state index >= 15 is 0 Å². The van der Waals surface area contributed by atoms with Crippen molar-refractivity contribution in [2.45, 2.75) is 12.3 Å². The second-order valence-corrected chi connectivity index (χ2v) is 6.13. The molecular formula is C15H13N3O3S. The molecule has 0 spiro atoms. The Morgan fingerprint density at radius 2 is 2.36 bits per heavy atom. The fraction of sp³-hybridized carbons (Fsp3) is 0.267. The van der Waals surface area contributed by atoms with Crippen LogP contribution in [0.15, 0.2) is 45.0 Å². The van der Waals surface area contributed by atoms with Gasteiger partial charge in [-0.3, -0.25) is 4.79 Å². The monoisotopic (exact) mass is 315 g/mol. The molecule has 0 radical (unpaired) electrons. The minimum absolute atomic E-state index is 0.0155. The second kappa shape index (κ2) is 5.42. The summed E-state index contributed by atoms with van der Waals surface area (Å²) in [5, 5.41) is 6.05. The summed E-state index contributed by atoms with van der Waals surface area (Å²) in [7, 11) is 0. The lowest BCUT2D eigenvalue weighted by molar-refractivity contribution is 0.0789. The average molecular weight is 315 g/mol. The number of carbonyl (C=O) groups is 1. The summed E-state index contributed by atoms with van der Waals surface area (Å²) in [5.74, 6) is 1.32. The first-order valence-electron chi connectivity index (χ1n) is 7.00. The third-order valence-electron chi connectivity index (χ3n) is 3.78. The van der Waals surface area contributed by atoms with Crippen molar-refractivity contribution in [2.75, 3.05) is 13.1 Å². The van der Waals surface area contributed by atoms with Crippen molar-refractivity contribution in [3.8, 4) is 10.8 Å². The van der Waals surface area contributed by atoms with Crippen molar-refractivity contribution in [1.29, 1.82) is 0 Å². The van der Waals surface area contributed by atoms with E-state index < -0.39 is 0 Å². The first-order chi connectivity index (χ1) is 10.8. The number of hydrogen-bond acceptors (Lipinski definition) is 6. The summed E-state index contributed by atoms with van der Waals surface area (Å²) < 4.78 is 10.3. The fourth-order valence-corrected chi connectivity index (χ4v) is 3.27. The number of aromatic nitrogens is 2. The molecule has 7 heteroatoms. The lowest BCUT2D eigenvalue weighted by atomic mass is 10.1. The zero-order chi connectivity index (χ0) is 14.9. The Bertz CT molecular complexity index is 764. The summed E-state index contributed by atoms with van der Waals surface area (Å²) in [6.45, 7) is 1.30. The van der Waals surface area contributed by atoms with Crippen molar-refractivity contribution in [3.63, 3.8) is 0 Å². The molecule has 112 valence electrons. The summed E-state index contributed by atoms with van der Waals surface area (Å²) >= 11 is 1.56. The van der Waals surface area contributed by atoms with Crippen LogP contribution in [-0.4, -0.2) is 34.0 Å². The van der Waals surface area contributed by atoms with E-state index in [1.165, 1.54) is 12.5 Å². The van der Waals surface area contributed by atoms with E-state index in [0.717, 1.165) is 11.3 Å². The molecule has 1 fully saturated rings. The van der Waals surface area contributed by atoms with Crippen LogP contribution in [0.2, 0.25) is 0 Å². The number of rotatable bonds is 3. The lowest BCUT2D eigenvalue weighted by Gasteiger charge is -2.14. The molecule has 1 atom stereocenters. The second-order valence-electron chi connectivity index (χ2n) is 5.18. The molecule has 1 aliphatic rings. The van der Waals surface area contributed by atoms with Crippen molar-refractivity contribution < 1.29 is 13.7 Å². The zero-order valence-electron chi connectivity index (χ0n) is 11.6. The molecule has 22 heavy (non-hydrogen) atoms. The lowest BCUT2D eigenvalue weighted by Crippen LogP contribution is -2.28. The van der Waals surface area contributed by atoms with E-state index in [-0.39, 0.29) is 11.8 Å². The minimum Gasteiger partial charge on any atom is -0.472 e. The normalized spacial score (nSPS) is 18.0. The number of carbonyl (C=O) groups excluding carboxylic acids is 1. The topological polar surface area (TPSA) is 72.4 Å². The maximum atomic E-state index is 12.3. The van der Waals surface area contributed by atoms with Crippen LogP contribution in [0.1, 0.15) is 28.5 Å². The van der Waals surface area contributed by atoms with Gasteiger partial charge >= 0.3 is 0 Å². The van der Waals surface area contributed by atoms with Crippen molar-refractivity contribution in [1.82, 2.24) is 15.0 Å². The van der Waals surface area contributed by atoms with Gasteiger partial charge in [0.1, 0.15) is 6.26 Å². The Morgan fingerprint density at radius 3 is 3.14 bits per heavy atom. The number of hydrogen-bond donors (Lipinski definition) is 0. The predicted octanol–water partition coefficient (Wildman–Crippen LogP) is 3.02. The maximum absolute atomic E-state index is 12.3. The van der Waals surface area contributed by atoms with E-state index in [4.69, 9.17) is 8.94 Å². The molecule has 3 aromatic rings. The molecule has 0 N–H and O–H groups in total. The minimum atomic E-state index is -0.0155. The number of likely N-dealkylation sites (tertiary alicyclic amines) is 1. The first-order valence-corrected chi connectivity index (χ1v) is 7.88. The SMILES string of the molecule is O=C(c1ccoc1)N1CC[C@@H](c2noc(-c3cccs3)n2)C1. The van der Waals surface area contributed by atoms with Crippen LogP contribution in [0.3, 0.4) is 0 Å². The third kappa shape index (κ3) is 2.33. The molecule has 0 aliphatic carbocycles. The van der Waals surface area contributed by atoms with Gasteiger partial charge in [0.2, 0.25) is 0 Å². The van der Waals surface area contributed by atoms with Crippen LogP contribution in [0.4, 0.5) is 0 Å². The number of thiophene rings is 1. The van der Waals surface area contributed by atoms with E-state index in [2.05, 4.69) is 10.1 Å². The molecule has 6 nitrogen and oxygen atoms in total. The summed E-state index contributed by atoms with van der Waals surface area (Å²) in [6.07, 6.45) is 3.82. The van der Waals surface area contributed by atoms with Crippen molar-refractivity contribution in [3.05, 3.63) is 47.5 Å². The Hall–Kier alpha value is -2.41. The van der Waals surface area contributed by atoms with Gasteiger partial charge in [-0.1, -0.05) is 11.2 Å². The summed E-state index contributed by atoms with van der Waals surface area (Å²) in [6, 6.07) is 5.58. The van der Waals surface area contributed by atoms with Crippen LogP contribution in [0, 0.1) is 0 Å². The van der Waals surface area contributed by atoms with Gasteiger partial charge in [-0.25, -0.2) is 0 Å². The van der Waals surface area contributed by atoms with Crippen LogP contribution in [-0.2, 0) is 0 Å². The van der Waals surface area contributed by atoms with Crippen LogP contribution >= 0.6 is 11.3 Å². The molecule has 4 heterocycles. The molecule has 0 aromatic carbocycles. The Labute approximate surface area is 130 Å². The van der Waals surface area contributed by atoms with E-state index in [9.17, 15) is 4.79 Å². The molecule has 0 saturated carbocycles. The predicted molar refractivity (Wildman–Crippen MR) is 79.6 cm³/mol. The fourth-order valence-electron chi connectivity index (χ4n) is 2.63. The molecule has 0 bridgehead atoms. The zero-order valence-corrected chi connectivity index (χ0v) is 12.5. The van der Waals surface area contributed by atoms with Gasteiger partial charge in [-0.2, -0.15) is 4.98 Å². The molecule has 0 unspecified atom stereocenters. The van der Waals surface area contributed by atoms with Crippen molar-refractivity contribution in [2.24, 2.45) is 0 Å². The Balaban J connectivity index is 1.48. The van der Waals surface area contributed by atoms with Gasteiger partial charge in [-0.05, 0) is 23.9 Å². The highest BCUT2D eigenvalue weighted by atomic mass is 32.1. The quantitative estimate of drug-likeness (QED) is 0.743. The molecule has 3 aromatic heterocycles. The van der Waals surface area contributed by atoms with Crippen molar-refractivity contribution >= 4 is 17.2 Å². The van der Waals surface area contributed by atoms with Gasteiger partial charge in [-0.15, -0.1) is 11.3 Å².